The maximum Gasteiger partial charge on any atom is 0.253 e. The summed E-state index contributed by atoms with van der Waals surface area (Å²) in [4.78, 5) is 27.4. The van der Waals surface area contributed by atoms with Gasteiger partial charge >= 0.3 is 0 Å². The smallest absolute Gasteiger partial charge is 0.253 e. The first-order valence-electron chi connectivity index (χ1n) is 9.53. The largest absolute Gasteiger partial charge is 0.497 e. The van der Waals surface area contributed by atoms with Crippen molar-refractivity contribution in [2.24, 2.45) is 5.92 Å². The number of ether oxygens (including phenoxy) is 3. The standard InChI is InChI=1S/C22H23NO5/c1-26-18-5-2-16(3-6-18)22(25)23-10-8-15(9-11-23)21(24)17-4-7-19-20(14-17)28-13-12-27-19/h2-7,14-15H,8-13H2,1H3. The van der Waals surface area contributed by atoms with Gasteiger partial charge < -0.3 is 19.1 Å². The molecule has 146 valence electrons. The quantitative estimate of drug-likeness (QED) is 0.761. The van der Waals surface area contributed by atoms with Crippen LogP contribution < -0.4 is 14.2 Å². The van der Waals surface area contributed by atoms with Crippen molar-refractivity contribution in [3.8, 4) is 17.2 Å². The van der Waals surface area contributed by atoms with E-state index in [1.54, 1.807) is 49.6 Å². The van der Waals surface area contributed by atoms with E-state index in [2.05, 4.69) is 0 Å². The Bertz CT molecular complexity index is 869. The molecule has 0 spiro atoms. The van der Waals surface area contributed by atoms with E-state index >= 15 is 0 Å². The minimum atomic E-state index is -0.0810. The molecule has 6 heteroatoms. The molecule has 2 aromatic carbocycles. The Morgan fingerprint density at radius 3 is 2.25 bits per heavy atom. The molecular weight excluding hydrogens is 358 g/mol. The molecule has 2 aliphatic rings. The van der Waals surface area contributed by atoms with Crippen molar-refractivity contribution in [1.29, 1.82) is 0 Å². The summed E-state index contributed by atoms with van der Waals surface area (Å²) < 4.78 is 16.2. The maximum absolute atomic E-state index is 12.9. The van der Waals surface area contributed by atoms with Crippen molar-refractivity contribution in [2.45, 2.75) is 12.8 Å². The predicted octanol–water partition coefficient (Wildman–Crippen LogP) is 3.20. The van der Waals surface area contributed by atoms with E-state index in [1.807, 2.05) is 4.90 Å². The number of carbonyl (C=O) groups is 2. The van der Waals surface area contributed by atoms with Crippen LogP contribution in [0.2, 0.25) is 0 Å². The van der Waals surface area contributed by atoms with Crippen LogP contribution in [0.5, 0.6) is 17.2 Å². The number of carbonyl (C=O) groups excluding carboxylic acids is 2. The Balaban J connectivity index is 1.38. The van der Waals surface area contributed by atoms with Crippen LogP contribution in [0.1, 0.15) is 33.6 Å². The summed E-state index contributed by atoms with van der Waals surface area (Å²) in [6, 6.07) is 12.5. The molecule has 0 saturated carbocycles. The number of amides is 1. The lowest BCUT2D eigenvalue weighted by atomic mass is 9.88. The molecule has 1 saturated heterocycles. The van der Waals surface area contributed by atoms with Gasteiger partial charge in [-0.05, 0) is 55.3 Å². The van der Waals surface area contributed by atoms with Crippen LogP contribution in [0.4, 0.5) is 0 Å². The molecule has 1 amide bonds. The SMILES string of the molecule is COc1ccc(C(=O)N2CCC(C(=O)c3ccc4c(c3)OCCO4)CC2)cc1. The second-order valence-corrected chi connectivity index (χ2v) is 7.02. The highest BCUT2D eigenvalue weighted by Gasteiger charge is 2.29. The van der Waals surface area contributed by atoms with Gasteiger partial charge in [-0.3, -0.25) is 9.59 Å². The number of hydrogen-bond donors (Lipinski definition) is 0. The number of Topliss-reactive ketones (excluding diaryl/α,β-unsaturated/α-hetero) is 1. The van der Waals surface area contributed by atoms with E-state index in [4.69, 9.17) is 14.2 Å². The van der Waals surface area contributed by atoms with Gasteiger partial charge in [0.25, 0.3) is 5.91 Å². The van der Waals surface area contributed by atoms with Gasteiger partial charge in [0.05, 0.1) is 7.11 Å². The molecule has 2 aliphatic heterocycles. The van der Waals surface area contributed by atoms with Gasteiger partial charge in [0, 0.05) is 30.1 Å². The van der Waals surface area contributed by atoms with Crippen molar-refractivity contribution in [1.82, 2.24) is 4.90 Å². The molecule has 4 rings (SSSR count). The molecule has 1 fully saturated rings. The molecular formula is C22H23NO5. The molecule has 0 aliphatic carbocycles. The third kappa shape index (κ3) is 3.67. The molecule has 0 unspecified atom stereocenters. The number of nitrogens with zero attached hydrogens (tertiary/aromatic N) is 1. The molecule has 0 radical (unpaired) electrons. The average Bonchev–Trinajstić information content (AvgIpc) is 2.78. The van der Waals surface area contributed by atoms with E-state index < -0.39 is 0 Å². The molecule has 0 bridgehead atoms. The van der Waals surface area contributed by atoms with E-state index in [1.165, 1.54) is 0 Å². The number of ketones is 1. The first kappa shape index (κ1) is 18.3. The molecule has 6 nitrogen and oxygen atoms in total. The molecule has 2 aromatic rings. The highest BCUT2D eigenvalue weighted by Crippen LogP contribution is 2.32. The second kappa shape index (κ2) is 7.92. The highest BCUT2D eigenvalue weighted by atomic mass is 16.6. The average molecular weight is 381 g/mol. The molecule has 0 N–H and O–H groups in total. The minimum Gasteiger partial charge on any atom is -0.497 e. The zero-order valence-corrected chi connectivity index (χ0v) is 15.8. The van der Waals surface area contributed by atoms with Crippen LogP contribution in [-0.2, 0) is 0 Å². The lowest BCUT2D eigenvalue weighted by Crippen LogP contribution is -2.40. The summed E-state index contributed by atoms with van der Waals surface area (Å²) in [5, 5.41) is 0. The van der Waals surface area contributed by atoms with Crippen LogP contribution in [-0.4, -0.2) is 50.0 Å². The Kier molecular flexibility index (Phi) is 5.19. The molecule has 2 heterocycles. The van der Waals surface area contributed by atoms with Crippen LogP contribution in [0.15, 0.2) is 42.5 Å². The fourth-order valence-electron chi connectivity index (χ4n) is 3.69. The summed E-state index contributed by atoms with van der Waals surface area (Å²) in [6.07, 6.45) is 1.32. The van der Waals surface area contributed by atoms with Crippen LogP contribution in [0.25, 0.3) is 0 Å². The number of rotatable bonds is 4. The number of methoxy groups -OCH3 is 1. The Morgan fingerprint density at radius 1 is 0.929 bits per heavy atom. The van der Waals surface area contributed by atoms with Gasteiger partial charge in [-0.25, -0.2) is 0 Å². The number of benzene rings is 2. The fourth-order valence-corrected chi connectivity index (χ4v) is 3.69. The van der Waals surface area contributed by atoms with Crippen molar-refractivity contribution in [3.05, 3.63) is 53.6 Å². The van der Waals surface area contributed by atoms with E-state index in [0.29, 0.717) is 61.8 Å². The lowest BCUT2D eigenvalue weighted by Gasteiger charge is -2.31. The maximum atomic E-state index is 12.9. The summed E-state index contributed by atoms with van der Waals surface area (Å²) in [6.45, 7) is 2.18. The fraction of sp³-hybridized carbons (Fsp3) is 0.364. The summed E-state index contributed by atoms with van der Waals surface area (Å²) in [5.74, 6) is 2.05. The number of likely N-dealkylation sites (tertiary alicyclic amines) is 1. The van der Waals surface area contributed by atoms with Crippen molar-refractivity contribution in [3.63, 3.8) is 0 Å². The normalized spacial score (nSPS) is 16.5. The highest BCUT2D eigenvalue weighted by molar-refractivity contribution is 5.99. The van der Waals surface area contributed by atoms with E-state index in [-0.39, 0.29) is 17.6 Å². The van der Waals surface area contributed by atoms with Crippen LogP contribution in [0, 0.1) is 5.92 Å². The Morgan fingerprint density at radius 2 is 1.57 bits per heavy atom. The third-order valence-corrected chi connectivity index (χ3v) is 5.32. The monoisotopic (exact) mass is 381 g/mol. The first-order valence-corrected chi connectivity index (χ1v) is 9.53. The van der Waals surface area contributed by atoms with Gasteiger partial charge in [0.1, 0.15) is 19.0 Å². The lowest BCUT2D eigenvalue weighted by molar-refractivity contribution is 0.0650. The third-order valence-electron chi connectivity index (χ3n) is 5.32. The zero-order valence-electron chi connectivity index (χ0n) is 15.8. The van der Waals surface area contributed by atoms with Gasteiger partial charge in [0.2, 0.25) is 0 Å². The predicted molar refractivity (Wildman–Crippen MR) is 103 cm³/mol. The van der Waals surface area contributed by atoms with E-state index in [9.17, 15) is 9.59 Å². The van der Waals surface area contributed by atoms with E-state index in [0.717, 1.165) is 5.75 Å². The topological polar surface area (TPSA) is 65.1 Å². The molecule has 28 heavy (non-hydrogen) atoms. The van der Waals surface area contributed by atoms with Gasteiger partial charge in [-0.1, -0.05) is 0 Å². The summed E-state index contributed by atoms with van der Waals surface area (Å²) >= 11 is 0. The van der Waals surface area contributed by atoms with Gasteiger partial charge in [-0.15, -0.1) is 0 Å². The van der Waals surface area contributed by atoms with Crippen molar-refractivity contribution in [2.75, 3.05) is 33.4 Å². The van der Waals surface area contributed by atoms with Crippen LogP contribution in [0.3, 0.4) is 0 Å². The minimum absolute atomic E-state index is 0.00659. The first-order chi connectivity index (χ1) is 13.7. The Labute approximate surface area is 164 Å². The van der Waals surface area contributed by atoms with Gasteiger partial charge in [-0.2, -0.15) is 0 Å². The number of fused-ring (bicyclic) bond motifs is 1. The Hall–Kier alpha value is -3.02. The molecule has 0 atom stereocenters. The summed E-state index contributed by atoms with van der Waals surface area (Å²) in [5.41, 5.74) is 1.28. The van der Waals surface area contributed by atoms with Crippen molar-refractivity contribution >= 4 is 11.7 Å². The van der Waals surface area contributed by atoms with Gasteiger partial charge in [0.15, 0.2) is 17.3 Å². The number of piperidine rings is 1. The van der Waals surface area contributed by atoms with Crippen molar-refractivity contribution < 1.29 is 23.8 Å². The zero-order chi connectivity index (χ0) is 19.5. The molecule has 0 aromatic heterocycles. The number of hydrogen-bond acceptors (Lipinski definition) is 5. The summed E-state index contributed by atoms with van der Waals surface area (Å²) in [7, 11) is 1.60. The second-order valence-electron chi connectivity index (χ2n) is 7.02. The van der Waals surface area contributed by atoms with Crippen LogP contribution >= 0.6 is 0 Å².